The lowest BCUT2D eigenvalue weighted by Crippen LogP contribution is -2.01. The van der Waals surface area contributed by atoms with Gasteiger partial charge in [0.15, 0.2) is 0 Å². The summed E-state index contributed by atoms with van der Waals surface area (Å²) in [6.45, 7) is 7.97. The predicted octanol–water partition coefficient (Wildman–Crippen LogP) is 2.58. The Morgan fingerprint density at radius 1 is 1.62 bits per heavy atom. The van der Waals surface area contributed by atoms with Gasteiger partial charge in [-0.3, -0.25) is 0 Å². The largest absolute Gasteiger partial charge is 0.114 e. The highest BCUT2D eigenvalue weighted by molar-refractivity contribution is 6.28. The lowest BCUT2D eigenvalue weighted by Gasteiger charge is -2.03. The van der Waals surface area contributed by atoms with Gasteiger partial charge >= 0.3 is 0 Å². The monoisotopic (exact) mass is 130 g/mol. The minimum Gasteiger partial charge on any atom is -0.114 e. The van der Waals surface area contributed by atoms with Crippen LogP contribution in [0.4, 0.5) is 0 Å². The predicted molar refractivity (Wildman–Crippen MR) is 37.2 cm³/mol. The molecule has 0 aromatic rings. The molecule has 46 valence electrons. The molecule has 0 N–H and O–H groups in total. The first-order chi connectivity index (χ1) is 3.52. The number of rotatable bonds is 1. The Balaban J connectivity index is 2.68. The first-order valence-corrected chi connectivity index (χ1v) is 3.22. The minimum atomic E-state index is -0.0764. The topological polar surface area (TPSA) is 0 Å². The average molecular weight is 131 g/mol. The quantitative estimate of drug-likeness (QED) is 0.378. The Morgan fingerprint density at radius 2 is 2.00 bits per heavy atom. The second kappa shape index (κ2) is 1.30. The van der Waals surface area contributed by atoms with E-state index in [-0.39, 0.29) is 4.87 Å². The van der Waals surface area contributed by atoms with E-state index in [0.29, 0.717) is 5.41 Å². The van der Waals surface area contributed by atoms with E-state index in [1.165, 1.54) is 0 Å². The van der Waals surface area contributed by atoms with Crippen LogP contribution in [-0.2, 0) is 0 Å². The normalized spacial score (nSPS) is 41.4. The Labute approximate surface area is 55.5 Å². The summed E-state index contributed by atoms with van der Waals surface area (Å²) in [7, 11) is 0. The first-order valence-electron chi connectivity index (χ1n) is 2.84. The molecule has 1 aliphatic rings. The van der Waals surface area contributed by atoms with Gasteiger partial charge in [-0.1, -0.05) is 19.9 Å². The third-order valence-electron chi connectivity index (χ3n) is 2.02. The van der Waals surface area contributed by atoms with E-state index in [4.69, 9.17) is 11.6 Å². The fraction of sp³-hybridized carbons (Fsp3) is 0.714. The summed E-state index contributed by atoms with van der Waals surface area (Å²) in [5, 5.41) is 0. The van der Waals surface area contributed by atoms with Gasteiger partial charge in [-0.15, -0.1) is 18.2 Å². The lowest BCUT2D eigenvalue weighted by atomic mass is 10.1. The van der Waals surface area contributed by atoms with E-state index in [0.717, 1.165) is 6.42 Å². The number of halogens is 1. The van der Waals surface area contributed by atoms with Crippen LogP contribution < -0.4 is 0 Å². The zero-order valence-corrected chi connectivity index (χ0v) is 6.13. The van der Waals surface area contributed by atoms with E-state index < -0.39 is 0 Å². The fourth-order valence-electron chi connectivity index (χ4n) is 0.947. The fourth-order valence-corrected chi connectivity index (χ4v) is 1.28. The lowest BCUT2D eigenvalue weighted by molar-refractivity contribution is 0.623. The molecule has 1 unspecified atom stereocenters. The van der Waals surface area contributed by atoms with E-state index in [1.54, 1.807) is 0 Å². The maximum Gasteiger partial charge on any atom is 0.0680 e. The Morgan fingerprint density at radius 3 is 2.00 bits per heavy atom. The second-order valence-corrected chi connectivity index (χ2v) is 3.80. The van der Waals surface area contributed by atoms with E-state index >= 15 is 0 Å². The zero-order chi connectivity index (χ0) is 6.41. The van der Waals surface area contributed by atoms with Crippen LogP contribution in [0.25, 0.3) is 0 Å². The third-order valence-corrected chi connectivity index (χ3v) is 2.82. The van der Waals surface area contributed by atoms with Crippen molar-refractivity contribution in [1.82, 2.24) is 0 Å². The number of alkyl halides is 1. The van der Waals surface area contributed by atoms with Crippen LogP contribution in [-0.4, -0.2) is 4.87 Å². The van der Waals surface area contributed by atoms with Gasteiger partial charge in [-0.2, -0.15) is 0 Å². The third kappa shape index (κ3) is 0.594. The summed E-state index contributed by atoms with van der Waals surface area (Å²) in [4.78, 5) is -0.0764. The van der Waals surface area contributed by atoms with Gasteiger partial charge in [0.2, 0.25) is 0 Å². The number of hydrogen-bond acceptors (Lipinski definition) is 0. The van der Waals surface area contributed by atoms with Crippen molar-refractivity contribution in [1.29, 1.82) is 0 Å². The minimum absolute atomic E-state index is 0.0764. The molecule has 0 aromatic carbocycles. The molecule has 1 fully saturated rings. The number of allylic oxidation sites excluding steroid dienone is 1. The maximum atomic E-state index is 6.00. The van der Waals surface area contributed by atoms with Crippen molar-refractivity contribution < 1.29 is 0 Å². The molecule has 1 atom stereocenters. The van der Waals surface area contributed by atoms with Gasteiger partial charge in [0.25, 0.3) is 0 Å². The Bertz CT molecular complexity index is 126. The maximum absolute atomic E-state index is 6.00. The van der Waals surface area contributed by atoms with E-state index in [9.17, 15) is 0 Å². The van der Waals surface area contributed by atoms with Crippen molar-refractivity contribution in [2.75, 3.05) is 0 Å². The zero-order valence-electron chi connectivity index (χ0n) is 5.37. The van der Waals surface area contributed by atoms with Crippen LogP contribution in [0, 0.1) is 5.41 Å². The smallest absolute Gasteiger partial charge is 0.0680 e. The summed E-state index contributed by atoms with van der Waals surface area (Å²) in [5.41, 5.74) is 0.302. The van der Waals surface area contributed by atoms with Crippen LogP contribution in [0.3, 0.4) is 0 Å². The molecule has 0 bridgehead atoms. The standard InChI is InChI=1S/C7H11Cl/c1-4-7(8)5-6(7,2)3/h4H,1,5H2,2-3H3. The van der Waals surface area contributed by atoms with Gasteiger partial charge in [0.05, 0.1) is 4.87 Å². The SMILES string of the molecule is C=CC1(Cl)CC1(C)C. The van der Waals surface area contributed by atoms with Gasteiger partial charge in [-0.25, -0.2) is 0 Å². The summed E-state index contributed by atoms with van der Waals surface area (Å²) in [6.07, 6.45) is 2.92. The molecule has 8 heavy (non-hydrogen) atoms. The molecular formula is C7H11Cl. The molecule has 0 saturated heterocycles. The number of hydrogen-bond donors (Lipinski definition) is 0. The second-order valence-electron chi connectivity index (χ2n) is 3.13. The molecule has 0 radical (unpaired) electrons. The van der Waals surface area contributed by atoms with Crippen LogP contribution in [0.15, 0.2) is 12.7 Å². The van der Waals surface area contributed by atoms with Gasteiger partial charge in [0.1, 0.15) is 0 Å². The van der Waals surface area contributed by atoms with Crippen molar-refractivity contribution >= 4 is 11.6 Å². The molecule has 1 rings (SSSR count). The molecule has 0 nitrogen and oxygen atoms in total. The van der Waals surface area contributed by atoms with Crippen molar-refractivity contribution in [3.05, 3.63) is 12.7 Å². The van der Waals surface area contributed by atoms with Gasteiger partial charge < -0.3 is 0 Å². The molecule has 0 aliphatic heterocycles. The van der Waals surface area contributed by atoms with Crippen LogP contribution in [0.2, 0.25) is 0 Å². The van der Waals surface area contributed by atoms with Crippen LogP contribution >= 0.6 is 11.6 Å². The van der Waals surface area contributed by atoms with E-state index in [2.05, 4.69) is 20.4 Å². The summed E-state index contributed by atoms with van der Waals surface area (Å²) in [5.74, 6) is 0. The van der Waals surface area contributed by atoms with Crippen LogP contribution in [0.5, 0.6) is 0 Å². The Kier molecular flexibility index (Phi) is 0.999. The molecule has 0 heterocycles. The highest BCUT2D eigenvalue weighted by Gasteiger charge is 2.57. The van der Waals surface area contributed by atoms with Gasteiger partial charge in [0, 0.05) is 0 Å². The highest BCUT2D eigenvalue weighted by Crippen LogP contribution is 2.61. The summed E-state index contributed by atoms with van der Waals surface area (Å²) in [6, 6.07) is 0. The summed E-state index contributed by atoms with van der Waals surface area (Å²) >= 11 is 6.00. The average Bonchev–Trinajstić information content (AvgIpc) is 2.10. The Hall–Kier alpha value is 0.0300. The first kappa shape index (κ1) is 6.15. The van der Waals surface area contributed by atoms with E-state index in [1.807, 2.05) is 6.08 Å². The molecule has 1 heteroatoms. The molecule has 1 saturated carbocycles. The molecule has 0 spiro atoms. The molecule has 0 amide bonds. The molecular weight excluding hydrogens is 120 g/mol. The van der Waals surface area contributed by atoms with Crippen LogP contribution in [0.1, 0.15) is 20.3 Å². The summed E-state index contributed by atoms with van der Waals surface area (Å²) < 4.78 is 0. The van der Waals surface area contributed by atoms with Crippen molar-refractivity contribution in [3.8, 4) is 0 Å². The molecule has 1 aliphatic carbocycles. The van der Waals surface area contributed by atoms with Crippen molar-refractivity contribution in [3.63, 3.8) is 0 Å². The molecule has 0 aromatic heterocycles. The van der Waals surface area contributed by atoms with Crippen molar-refractivity contribution in [2.45, 2.75) is 25.1 Å². The van der Waals surface area contributed by atoms with Crippen molar-refractivity contribution in [2.24, 2.45) is 5.41 Å². The highest BCUT2D eigenvalue weighted by atomic mass is 35.5. The van der Waals surface area contributed by atoms with Gasteiger partial charge in [-0.05, 0) is 11.8 Å².